The monoisotopic (exact) mass is 332 g/mol. The lowest BCUT2D eigenvalue weighted by Crippen LogP contribution is -2.41. The maximum Gasteiger partial charge on any atom is 0.314 e. The molecular formula is C18H28N4O2. The first-order chi connectivity index (χ1) is 11.6. The zero-order chi connectivity index (χ0) is 17.2. The van der Waals surface area contributed by atoms with E-state index in [2.05, 4.69) is 20.9 Å². The highest BCUT2D eigenvalue weighted by molar-refractivity contribution is 5.78. The van der Waals surface area contributed by atoms with E-state index in [0.717, 1.165) is 25.1 Å². The number of nitrogens with zero attached hydrogens (tertiary/aromatic N) is 1. The third kappa shape index (κ3) is 6.48. The minimum absolute atomic E-state index is 0.0195. The van der Waals surface area contributed by atoms with E-state index in [4.69, 9.17) is 0 Å². The summed E-state index contributed by atoms with van der Waals surface area (Å²) in [6.07, 6.45) is 4.88. The maximum atomic E-state index is 11.8. The smallest absolute Gasteiger partial charge is 0.314 e. The van der Waals surface area contributed by atoms with Gasteiger partial charge in [0.1, 0.15) is 0 Å². The van der Waals surface area contributed by atoms with Crippen LogP contribution in [-0.4, -0.2) is 44.7 Å². The van der Waals surface area contributed by atoms with E-state index in [1.165, 1.54) is 12.8 Å². The molecule has 0 heterocycles. The molecule has 0 bridgehead atoms. The van der Waals surface area contributed by atoms with E-state index < -0.39 is 0 Å². The predicted molar refractivity (Wildman–Crippen MR) is 96.1 cm³/mol. The van der Waals surface area contributed by atoms with Gasteiger partial charge >= 0.3 is 6.03 Å². The van der Waals surface area contributed by atoms with Crippen molar-refractivity contribution in [3.63, 3.8) is 0 Å². The lowest BCUT2D eigenvalue weighted by molar-refractivity contribution is -0.121. The molecule has 2 rings (SSSR count). The number of carbonyl (C=O) groups is 2. The minimum Gasteiger partial charge on any atom is -0.373 e. The van der Waals surface area contributed by atoms with Gasteiger partial charge in [0, 0.05) is 44.8 Å². The second kappa shape index (κ2) is 9.80. The van der Waals surface area contributed by atoms with E-state index in [1.54, 1.807) is 0 Å². The second-order valence-corrected chi connectivity index (χ2v) is 6.24. The number of benzene rings is 1. The zero-order valence-corrected chi connectivity index (χ0v) is 14.4. The van der Waals surface area contributed by atoms with Crippen molar-refractivity contribution in [3.8, 4) is 0 Å². The van der Waals surface area contributed by atoms with Crippen molar-refractivity contribution >= 4 is 17.6 Å². The molecule has 1 fully saturated rings. The summed E-state index contributed by atoms with van der Waals surface area (Å²) in [5, 5.41) is 8.54. The van der Waals surface area contributed by atoms with Crippen molar-refractivity contribution in [2.24, 2.45) is 0 Å². The van der Waals surface area contributed by atoms with Gasteiger partial charge in [-0.25, -0.2) is 4.79 Å². The van der Waals surface area contributed by atoms with Crippen LogP contribution >= 0.6 is 0 Å². The molecule has 0 unspecified atom stereocenters. The molecule has 0 radical (unpaired) electrons. The second-order valence-electron chi connectivity index (χ2n) is 6.24. The highest BCUT2D eigenvalue weighted by Crippen LogP contribution is 2.17. The lowest BCUT2D eigenvalue weighted by Gasteiger charge is -2.19. The van der Waals surface area contributed by atoms with Crippen molar-refractivity contribution in [2.45, 2.75) is 38.1 Å². The molecule has 3 amide bonds. The molecule has 1 saturated carbocycles. The van der Waals surface area contributed by atoms with Crippen molar-refractivity contribution in [1.29, 1.82) is 0 Å². The Bertz CT molecular complexity index is 515. The third-order valence-corrected chi connectivity index (χ3v) is 4.29. The summed E-state index contributed by atoms with van der Waals surface area (Å²) in [6, 6.07) is 10.1. The van der Waals surface area contributed by atoms with E-state index in [9.17, 15) is 9.59 Å². The summed E-state index contributed by atoms with van der Waals surface area (Å²) in [7, 11) is 1.99. The number of carbonyl (C=O) groups excluding carboxylic acids is 2. The molecule has 1 aliphatic carbocycles. The number of hydrogen-bond acceptors (Lipinski definition) is 3. The molecule has 0 aliphatic heterocycles. The third-order valence-electron chi connectivity index (χ3n) is 4.29. The Balaban J connectivity index is 1.52. The Morgan fingerprint density at radius 1 is 1.08 bits per heavy atom. The first-order valence-corrected chi connectivity index (χ1v) is 8.72. The number of amides is 3. The number of nitrogens with one attached hydrogen (secondary N) is 3. The minimum atomic E-state index is -0.231. The van der Waals surface area contributed by atoms with Crippen LogP contribution in [0.1, 0.15) is 32.1 Å². The summed E-state index contributed by atoms with van der Waals surface area (Å²) >= 11 is 0. The van der Waals surface area contributed by atoms with Crippen LogP contribution in [0.4, 0.5) is 10.5 Å². The number of hydrogen-bond donors (Lipinski definition) is 3. The largest absolute Gasteiger partial charge is 0.373 e. The van der Waals surface area contributed by atoms with Crippen LogP contribution in [0.15, 0.2) is 30.3 Å². The normalized spacial score (nSPS) is 14.2. The SMILES string of the molecule is CN(CCNC(=O)NCCC(=O)NC1CCCC1)c1ccccc1. The van der Waals surface area contributed by atoms with Crippen LogP contribution in [0, 0.1) is 0 Å². The van der Waals surface area contributed by atoms with Gasteiger partial charge in [-0.3, -0.25) is 4.79 Å². The Morgan fingerprint density at radius 2 is 1.75 bits per heavy atom. The highest BCUT2D eigenvalue weighted by Gasteiger charge is 2.16. The van der Waals surface area contributed by atoms with Crippen molar-refractivity contribution in [2.75, 3.05) is 31.6 Å². The molecule has 132 valence electrons. The first-order valence-electron chi connectivity index (χ1n) is 8.72. The van der Waals surface area contributed by atoms with Crippen molar-refractivity contribution < 1.29 is 9.59 Å². The molecule has 1 aromatic rings. The van der Waals surface area contributed by atoms with Gasteiger partial charge in [-0.2, -0.15) is 0 Å². The molecule has 6 nitrogen and oxygen atoms in total. The summed E-state index contributed by atoms with van der Waals surface area (Å²) in [6.45, 7) is 1.63. The zero-order valence-electron chi connectivity index (χ0n) is 14.4. The molecular weight excluding hydrogens is 304 g/mol. The van der Waals surface area contributed by atoms with Crippen LogP contribution in [0.2, 0.25) is 0 Å². The Morgan fingerprint density at radius 3 is 2.46 bits per heavy atom. The van der Waals surface area contributed by atoms with Gasteiger partial charge in [0.2, 0.25) is 5.91 Å². The number of likely N-dealkylation sites (N-methyl/N-ethyl adjacent to an activating group) is 1. The fourth-order valence-corrected chi connectivity index (χ4v) is 2.87. The van der Waals surface area contributed by atoms with Gasteiger partial charge in [-0.1, -0.05) is 31.0 Å². The number of rotatable bonds is 8. The molecule has 0 saturated heterocycles. The maximum absolute atomic E-state index is 11.8. The fourth-order valence-electron chi connectivity index (χ4n) is 2.87. The molecule has 24 heavy (non-hydrogen) atoms. The number of para-hydroxylation sites is 1. The quantitative estimate of drug-likeness (QED) is 0.680. The molecule has 0 atom stereocenters. The summed E-state index contributed by atoms with van der Waals surface area (Å²) in [5.74, 6) is 0.0195. The van der Waals surface area contributed by atoms with Gasteiger partial charge in [0.15, 0.2) is 0 Å². The molecule has 6 heteroatoms. The van der Waals surface area contributed by atoms with Crippen LogP contribution in [0.25, 0.3) is 0 Å². The first kappa shape index (κ1) is 18.1. The van der Waals surface area contributed by atoms with E-state index >= 15 is 0 Å². The van der Waals surface area contributed by atoms with Gasteiger partial charge in [0.05, 0.1) is 0 Å². The molecule has 0 spiro atoms. The Kier molecular flexibility index (Phi) is 7.39. The lowest BCUT2D eigenvalue weighted by atomic mass is 10.2. The highest BCUT2D eigenvalue weighted by atomic mass is 16.2. The van der Waals surface area contributed by atoms with Gasteiger partial charge in [-0.05, 0) is 25.0 Å². The number of urea groups is 1. The van der Waals surface area contributed by atoms with Crippen LogP contribution < -0.4 is 20.9 Å². The van der Waals surface area contributed by atoms with Gasteiger partial charge in [0.25, 0.3) is 0 Å². The van der Waals surface area contributed by atoms with Crippen LogP contribution in [0.3, 0.4) is 0 Å². The standard InChI is InChI=1S/C18H28N4O2/c1-22(16-9-3-2-4-10-16)14-13-20-18(24)19-12-11-17(23)21-15-7-5-6-8-15/h2-4,9-10,15H,5-8,11-14H2,1H3,(H,21,23)(H2,19,20,24). The molecule has 3 N–H and O–H groups in total. The molecule has 1 aromatic carbocycles. The van der Waals surface area contributed by atoms with Crippen molar-refractivity contribution in [3.05, 3.63) is 30.3 Å². The topological polar surface area (TPSA) is 73.5 Å². The fraction of sp³-hybridized carbons (Fsp3) is 0.556. The van der Waals surface area contributed by atoms with Crippen LogP contribution in [-0.2, 0) is 4.79 Å². The molecule has 1 aliphatic rings. The Labute approximate surface area is 144 Å². The van der Waals surface area contributed by atoms with Gasteiger partial charge < -0.3 is 20.9 Å². The average molecular weight is 332 g/mol. The average Bonchev–Trinajstić information content (AvgIpc) is 3.08. The van der Waals surface area contributed by atoms with Gasteiger partial charge in [-0.15, -0.1) is 0 Å². The van der Waals surface area contributed by atoms with E-state index in [0.29, 0.717) is 25.6 Å². The van der Waals surface area contributed by atoms with Crippen LogP contribution in [0.5, 0.6) is 0 Å². The summed E-state index contributed by atoms with van der Waals surface area (Å²) in [4.78, 5) is 25.5. The van der Waals surface area contributed by atoms with E-state index in [-0.39, 0.29) is 11.9 Å². The summed E-state index contributed by atoms with van der Waals surface area (Å²) in [5.41, 5.74) is 1.11. The van der Waals surface area contributed by atoms with Crippen molar-refractivity contribution in [1.82, 2.24) is 16.0 Å². The summed E-state index contributed by atoms with van der Waals surface area (Å²) < 4.78 is 0. The van der Waals surface area contributed by atoms with E-state index in [1.807, 2.05) is 37.4 Å². The molecule has 0 aromatic heterocycles. The number of anilines is 1. The Hall–Kier alpha value is -2.24. The predicted octanol–water partition coefficient (Wildman–Crippen LogP) is 1.87.